The van der Waals surface area contributed by atoms with E-state index in [1.54, 1.807) is 23.1 Å². The summed E-state index contributed by atoms with van der Waals surface area (Å²) in [6.45, 7) is 2.72. The van der Waals surface area contributed by atoms with Crippen LogP contribution in [0, 0.1) is 6.92 Å². The quantitative estimate of drug-likeness (QED) is 0.847. The minimum atomic E-state index is 0.298. The van der Waals surface area contributed by atoms with Crippen LogP contribution >= 0.6 is 23.1 Å². The number of rotatable bonds is 4. The summed E-state index contributed by atoms with van der Waals surface area (Å²) >= 11 is 3.40. The van der Waals surface area contributed by atoms with Crippen molar-refractivity contribution in [1.29, 1.82) is 0 Å². The van der Waals surface area contributed by atoms with Gasteiger partial charge in [0.05, 0.1) is 0 Å². The molecule has 1 heterocycles. The first-order valence-electron chi connectivity index (χ1n) is 5.12. The van der Waals surface area contributed by atoms with Gasteiger partial charge in [-0.25, -0.2) is 4.98 Å². The molecular weight excluding hydrogens is 236 g/mol. The molecule has 0 fully saturated rings. The molecule has 4 heteroatoms. The highest BCUT2D eigenvalue weighted by molar-refractivity contribution is 8.01. The van der Waals surface area contributed by atoms with Crippen molar-refractivity contribution in [3.8, 4) is 0 Å². The third-order valence-electron chi connectivity index (χ3n) is 2.32. The molecule has 1 aromatic carbocycles. The summed E-state index contributed by atoms with van der Waals surface area (Å²) in [5, 5.41) is 2.29. The van der Waals surface area contributed by atoms with Crippen molar-refractivity contribution >= 4 is 23.1 Å². The summed E-state index contributed by atoms with van der Waals surface area (Å²) in [4.78, 5) is 4.27. The van der Waals surface area contributed by atoms with E-state index in [0.29, 0.717) is 11.8 Å². The van der Waals surface area contributed by atoms with Gasteiger partial charge in [0.15, 0.2) is 0 Å². The van der Waals surface area contributed by atoms with Crippen molar-refractivity contribution in [3.05, 3.63) is 47.0 Å². The van der Waals surface area contributed by atoms with Gasteiger partial charge in [-0.2, -0.15) is 0 Å². The molecule has 0 bridgehead atoms. The van der Waals surface area contributed by atoms with Crippen molar-refractivity contribution in [3.63, 3.8) is 0 Å². The van der Waals surface area contributed by atoms with Gasteiger partial charge in [0.1, 0.15) is 4.34 Å². The molecule has 0 aliphatic rings. The van der Waals surface area contributed by atoms with Gasteiger partial charge in [0.25, 0.3) is 0 Å². The fourth-order valence-electron chi connectivity index (χ4n) is 1.42. The Kier molecular flexibility index (Phi) is 3.98. The first kappa shape index (κ1) is 11.6. The summed E-state index contributed by atoms with van der Waals surface area (Å²) in [5.41, 5.74) is 8.36. The number of nitrogens with zero attached hydrogens (tertiary/aromatic N) is 1. The van der Waals surface area contributed by atoms with Crippen LogP contribution in [0.5, 0.6) is 0 Å². The van der Waals surface area contributed by atoms with Gasteiger partial charge in [-0.05, 0) is 12.5 Å². The molecule has 1 aromatic heterocycles. The van der Waals surface area contributed by atoms with E-state index in [2.05, 4.69) is 36.2 Å². The Hall–Kier alpha value is -0.840. The minimum Gasteiger partial charge on any atom is -0.329 e. The van der Waals surface area contributed by atoms with Crippen LogP contribution in [0.25, 0.3) is 0 Å². The highest BCUT2D eigenvalue weighted by atomic mass is 32.2. The first-order valence-corrected chi connectivity index (χ1v) is 6.88. The van der Waals surface area contributed by atoms with Crippen LogP contribution in [0.4, 0.5) is 0 Å². The van der Waals surface area contributed by atoms with Crippen LogP contribution in [0.15, 0.2) is 40.2 Å². The van der Waals surface area contributed by atoms with Gasteiger partial charge < -0.3 is 5.73 Å². The predicted octanol–water partition coefficient (Wildman–Crippen LogP) is 3.24. The van der Waals surface area contributed by atoms with E-state index >= 15 is 0 Å². The lowest BCUT2D eigenvalue weighted by molar-refractivity contribution is 0.938. The molecule has 0 saturated carbocycles. The van der Waals surface area contributed by atoms with E-state index in [4.69, 9.17) is 5.73 Å². The average Bonchev–Trinajstić information content (AvgIpc) is 2.80. The van der Waals surface area contributed by atoms with Crippen LogP contribution in [0.2, 0.25) is 0 Å². The SMILES string of the molecule is Cc1ccc(C(CN)Sc2nccs2)cc1. The highest BCUT2D eigenvalue weighted by Gasteiger charge is 2.12. The standard InChI is InChI=1S/C12H14N2S2/c1-9-2-4-10(5-3-9)11(8-13)16-12-14-6-7-15-12/h2-7,11H,8,13H2,1H3. The third kappa shape index (κ3) is 2.84. The Morgan fingerprint density at radius 1 is 1.38 bits per heavy atom. The van der Waals surface area contributed by atoms with E-state index in [1.807, 2.05) is 11.6 Å². The molecule has 0 aliphatic carbocycles. The number of hydrogen-bond acceptors (Lipinski definition) is 4. The summed E-state index contributed by atoms with van der Waals surface area (Å²) < 4.78 is 1.08. The van der Waals surface area contributed by atoms with E-state index in [-0.39, 0.29) is 0 Å². The molecule has 1 unspecified atom stereocenters. The summed E-state index contributed by atoms with van der Waals surface area (Å²) in [7, 11) is 0. The van der Waals surface area contributed by atoms with Crippen molar-refractivity contribution < 1.29 is 0 Å². The van der Waals surface area contributed by atoms with Gasteiger partial charge in [0, 0.05) is 23.4 Å². The van der Waals surface area contributed by atoms with Crippen molar-refractivity contribution in [2.75, 3.05) is 6.54 Å². The molecule has 1 atom stereocenters. The lowest BCUT2D eigenvalue weighted by atomic mass is 10.1. The zero-order valence-corrected chi connectivity index (χ0v) is 10.7. The van der Waals surface area contributed by atoms with Crippen LogP contribution in [0.1, 0.15) is 16.4 Å². The Bertz CT molecular complexity index is 423. The number of hydrogen-bond donors (Lipinski definition) is 1. The second-order valence-corrected chi connectivity index (χ2v) is 5.90. The second kappa shape index (κ2) is 5.48. The molecular formula is C12H14N2S2. The molecule has 2 N–H and O–H groups in total. The summed E-state index contributed by atoms with van der Waals surface area (Å²) in [6.07, 6.45) is 1.83. The maximum absolute atomic E-state index is 5.82. The average molecular weight is 250 g/mol. The zero-order valence-electron chi connectivity index (χ0n) is 9.09. The molecule has 2 nitrogen and oxygen atoms in total. The molecule has 0 spiro atoms. The Morgan fingerprint density at radius 2 is 2.12 bits per heavy atom. The molecule has 0 amide bonds. The number of thiazole rings is 1. The second-order valence-electron chi connectivity index (χ2n) is 3.55. The zero-order chi connectivity index (χ0) is 11.4. The summed E-state index contributed by atoms with van der Waals surface area (Å²) in [5.74, 6) is 0. The molecule has 84 valence electrons. The Morgan fingerprint density at radius 3 is 2.69 bits per heavy atom. The van der Waals surface area contributed by atoms with E-state index in [0.717, 1.165) is 4.34 Å². The molecule has 2 aromatic rings. The largest absolute Gasteiger partial charge is 0.329 e. The third-order valence-corrected chi connectivity index (χ3v) is 4.51. The van der Waals surface area contributed by atoms with E-state index in [9.17, 15) is 0 Å². The fraction of sp³-hybridized carbons (Fsp3) is 0.250. The Balaban J connectivity index is 2.13. The Labute approximate surface area is 104 Å². The number of benzene rings is 1. The number of nitrogens with two attached hydrogens (primary N) is 1. The number of aryl methyl sites for hydroxylation is 1. The molecule has 0 saturated heterocycles. The maximum atomic E-state index is 5.82. The van der Waals surface area contributed by atoms with Gasteiger partial charge in [-0.3, -0.25) is 0 Å². The number of aromatic nitrogens is 1. The molecule has 16 heavy (non-hydrogen) atoms. The van der Waals surface area contributed by atoms with Gasteiger partial charge in [-0.1, -0.05) is 41.6 Å². The maximum Gasteiger partial charge on any atom is 0.150 e. The smallest absolute Gasteiger partial charge is 0.150 e. The predicted molar refractivity (Wildman–Crippen MR) is 70.9 cm³/mol. The van der Waals surface area contributed by atoms with E-state index in [1.165, 1.54) is 11.1 Å². The lowest BCUT2D eigenvalue weighted by Gasteiger charge is -2.13. The topological polar surface area (TPSA) is 38.9 Å². The lowest BCUT2D eigenvalue weighted by Crippen LogP contribution is -2.09. The number of thioether (sulfide) groups is 1. The van der Waals surface area contributed by atoms with Crippen molar-refractivity contribution in [1.82, 2.24) is 4.98 Å². The van der Waals surface area contributed by atoms with Gasteiger partial charge in [-0.15, -0.1) is 11.3 Å². The monoisotopic (exact) mass is 250 g/mol. The van der Waals surface area contributed by atoms with Crippen LogP contribution in [-0.2, 0) is 0 Å². The van der Waals surface area contributed by atoms with Crippen LogP contribution < -0.4 is 5.73 Å². The molecule has 0 aliphatic heterocycles. The van der Waals surface area contributed by atoms with Crippen molar-refractivity contribution in [2.45, 2.75) is 16.5 Å². The van der Waals surface area contributed by atoms with Crippen LogP contribution in [-0.4, -0.2) is 11.5 Å². The summed E-state index contributed by atoms with van der Waals surface area (Å²) in [6, 6.07) is 8.54. The van der Waals surface area contributed by atoms with Crippen molar-refractivity contribution in [2.24, 2.45) is 5.73 Å². The minimum absolute atomic E-state index is 0.298. The van der Waals surface area contributed by atoms with Crippen LogP contribution in [0.3, 0.4) is 0 Å². The van der Waals surface area contributed by atoms with Gasteiger partial charge >= 0.3 is 0 Å². The van der Waals surface area contributed by atoms with E-state index < -0.39 is 0 Å². The molecule has 0 radical (unpaired) electrons. The van der Waals surface area contributed by atoms with Gasteiger partial charge in [0.2, 0.25) is 0 Å². The highest BCUT2D eigenvalue weighted by Crippen LogP contribution is 2.35. The molecule has 2 rings (SSSR count). The fourth-order valence-corrected chi connectivity index (χ4v) is 3.28. The normalized spacial score (nSPS) is 12.6. The first-order chi connectivity index (χ1) is 7.79.